The number of carbonyl (C=O) groups excluding carboxylic acids is 2. The molecule has 0 spiro atoms. The molecule has 0 saturated carbocycles. The number of hydrogen-bond donors (Lipinski definition) is 1. The van der Waals surface area contributed by atoms with Crippen molar-refractivity contribution in [2.24, 2.45) is 0 Å². The van der Waals surface area contributed by atoms with E-state index in [0.717, 1.165) is 14.8 Å². The summed E-state index contributed by atoms with van der Waals surface area (Å²) in [6.45, 7) is 1.91. The maximum Gasteiger partial charge on any atom is 0.230 e. The molecule has 134 valence electrons. The molecule has 0 bridgehead atoms. The molecule has 0 radical (unpaired) electrons. The van der Waals surface area contributed by atoms with E-state index in [1.807, 2.05) is 41.9 Å². The van der Waals surface area contributed by atoms with Crippen LogP contribution < -0.4 is 5.32 Å². The second-order valence-electron chi connectivity index (χ2n) is 5.48. The number of aryl methyl sites for hydroxylation is 1. The number of amides is 1. The van der Waals surface area contributed by atoms with Crippen LogP contribution in [0.1, 0.15) is 20.9 Å². The van der Waals surface area contributed by atoms with Crippen molar-refractivity contribution in [3.8, 4) is 0 Å². The van der Waals surface area contributed by atoms with Crippen molar-refractivity contribution >= 4 is 63.4 Å². The molecule has 0 unspecified atom stereocenters. The molecule has 0 aliphatic carbocycles. The zero-order valence-electron chi connectivity index (χ0n) is 13.8. The first kappa shape index (κ1) is 19.1. The van der Waals surface area contributed by atoms with Crippen molar-refractivity contribution in [3.05, 3.63) is 62.2 Å². The van der Waals surface area contributed by atoms with E-state index in [2.05, 4.69) is 10.3 Å². The number of carbonyl (C=O) groups is 2. The SMILES string of the molecule is Cc1ccc(NC(=O)Cc2csc(SCC(=O)c3cccs3)n2)cc1Cl. The first-order valence-corrected chi connectivity index (χ1v) is 10.8. The van der Waals surface area contributed by atoms with E-state index in [1.54, 1.807) is 6.07 Å². The second-order valence-corrected chi connectivity index (χ2v) is 8.92. The standard InChI is InChI=1S/C18H15ClN2O2S3/c1-11-4-5-12(7-14(11)19)20-17(23)8-13-9-25-18(21-13)26-10-15(22)16-3-2-6-24-16/h2-7,9H,8,10H2,1H3,(H,20,23). The molecule has 0 saturated heterocycles. The fraction of sp³-hybridized carbons (Fsp3) is 0.167. The van der Waals surface area contributed by atoms with Gasteiger partial charge in [-0.2, -0.15) is 0 Å². The number of ketones is 1. The Bertz CT molecular complexity index is 922. The molecular weight excluding hydrogens is 408 g/mol. The summed E-state index contributed by atoms with van der Waals surface area (Å²) in [4.78, 5) is 29.3. The molecule has 1 amide bonds. The lowest BCUT2D eigenvalue weighted by molar-refractivity contribution is -0.115. The van der Waals surface area contributed by atoms with E-state index in [9.17, 15) is 9.59 Å². The number of thioether (sulfide) groups is 1. The summed E-state index contributed by atoms with van der Waals surface area (Å²) in [5.74, 6) is 0.291. The van der Waals surface area contributed by atoms with Crippen molar-refractivity contribution in [1.29, 1.82) is 0 Å². The summed E-state index contributed by atoms with van der Waals surface area (Å²) in [6, 6.07) is 9.09. The Kier molecular flexibility index (Phi) is 6.48. The highest BCUT2D eigenvalue weighted by molar-refractivity contribution is 8.01. The smallest absolute Gasteiger partial charge is 0.230 e. The number of thiazole rings is 1. The predicted octanol–water partition coefficient (Wildman–Crippen LogP) is 5.32. The third-order valence-electron chi connectivity index (χ3n) is 3.45. The lowest BCUT2D eigenvalue weighted by Crippen LogP contribution is -2.14. The third-order valence-corrected chi connectivity index (χ3v) is 6.84. The third kappa shape index (κ3) is 5.17. The molecule has 26 heavy (non-hydrogen) atoms. The largest absolute Gasteiger partial charge is 0.326 e. The van der Waals surface area contributed by atoms with Crippen LogP contribution in [0, 0.1) is 6.92 Å². The van der Waals surface area contributed by atoms with Gasteiger partial charge in [0.25, 0.3) is 0 Å². The molecule has 8 heteroatoms. The zero-order valence-corrected chi connectivity index (χ0v) is 17.0. The maximum atomic E-state index is 12.2. The Morgan fingerprint density at radius 2 is 2.12 bits per heavy atom. The van der Waals surface area contributed by atoms with Crippen molar-refractivity contribution in [2.45, 2.75) is 17.7 Å². The summed E-state index contributed by atoms with van der Waals surface area (Å²) in [5, 5.41) is 7.17. The van der Waals surface area contributed by atoms with Gasteiger partial charge in [-0.05, 0) is 36.1 Å². The minimum Gasteiger partial charge on any atom is -0.326 e. The lowest BCUT2D eigenvalue weighted by atomic mass is 10.2. The van der Waals surface area contributed by atoms with E-state index < -0.39 is 0 Å². The lowest BCUT2D eigenvalue weighted by Gasteiger charge is -2.06. The number of hydrogen-bond acceptors (Lipinski definition) is 6. The van der Waals surface area contributed by atoms with Gasteiger partial charge in [-0.3, -0.25) is 9.59 Å². The van der Waals surface area contributed by atoms with E-state index in [0.29, 0.717) is 22.2 Å². The summed E-state index contributed by atoms with van der Waals surface area (Å²) in [5.41, 5.74) is 2.32. The van der Waals surface area contributed by atoms with Crippen LogP contribution in [0.4, 0.5) is 5.69 Å². The van der Waals surface area contributed by atoms with Gasteiger partial charge >= 0.3 is 0 Å². The van der Waals surface area contributed by atoms with Crippen LogP contribution in [0.25, 0.3) is 0 Å². The van der Waals surface area contributed by atoms with E-state index >= 15 is 0 Å². The van der Waals surface area contributed by atoms with Gasteiger partial charge in [-0.25, -0.2) is 4.98 Å². The first-order chi connectivity index (χ1) is 12.5. The monoisotopic (exact) mass is 422 g/mol. The highest BCUT2D eigenvalue weighted by Crippen LogP contribution is 2.25. The molecule has 1 aromatic carbocycles. The number of thiophene rings is 1. The highest BCUT2D eigenvalue weighted by atomic mass is 35.5. The number of benzene rings is 1. The van der Waals surface area contributed by atoms with Crippen LogP contribution >= 0.6 is 46.0 Å². The number of halogens is 1. The van der Waals surface area contributed by atoms with E-state index in [4.69, 9.17) is 11.6 Å². The number of Topliss-reactive ketones (excluding diaryl/α,β-unsaturated/α-hetero) is 1. The van der Waals surface area contributed by atoms with Crippen LogP contribution in [0.5, 0.6) is 0 Å². The van der Waals surface area contributed by atoms with Crippen molar-refractivity contribution in [2.75, 3.05) is 11.1 Å². The molecule has 2 aromatic heterocycles. The Labute approximate surface area is 168 Å². The molecular formula is C18H15ClN2O2S3. The van der Waals surface area contributed by atoms with Crippen LogP contribution in [0.3, 0.4) is 0 Å². The molecule has 3 rings (SSSR count). The Balaban J connectivity index is 1.52. The molecule has 0 aliphatic heterocycles. The van der Waals surface area contributed by atoms with Gasteiger partial charge < -0.3 is 5.32 Å². The van der Waals surface area contributed by atoms with Gasteiger partial charge in [0, 0.05) is 16.1 Å². The van der Waals surface area contributed by atoms with Crippen LogP contribution in [0.2, 0.25) is 5.02 Å². The fourth-order valence-corrected chi connectivity index (χ4v) is 4.78. The van der Waals surface area contributed by atoms with Gasteiger partial charge in [0.1, 0.15) is 0 Å². The fourth-order valence-electron chi connectivity index (χ4n) is 2.11. The number of nitrogens with one attached hydrogen (secondary N) is 1. The molecule has 0 aliphatic rings. The number of anilines is 1. The van der Waals surface area contributed by atoms with Crippen molar-refractivity contribution < 1.29 is 9.59 Å². The summed E-state index contributed by atoms with van der Waals surface area (Å²) < 4.78 is 0.788. The van der Waals surface area contributed by atoms with E-state index in [1.165, 1.54) is 34.4 Å². The van der Waals surface area contributed by atoms with Gasteiger partial charge in [0.05, 0.1) is 22.7 Å². The van der Waals surface area contributed by atoms with Crippen LogP contribution in [-0.2, 0) is 11.2 Å². The van der Waals surface area contributed by atoms with E-state index in [-0.39, 0.29) is 18.1 Å². The predicted molar refractivity (Wildman–Crippen MR) is 110 cm³/mol. The van der Waals surface area contributed by atoms with Gasteiger partial charge in [-0.15, -0.1) is 22.7 Å². The second kappa shape index (κ2) is 8.81. The van der Waals surface area contributed by atoms with Crippen LogP contribution in [-0.4, -0.2) is 22.4 Å². The van der Waals surface area contributed by atoms with Gasteiger partial charge in [0.15, 0.2) is 10.1 Å². The number of rotatable bonds is 7. The van der Waals surface area contributed by atoms with Crippen molar-refractivity contribution in [1.82, 2.24) is 4.98 Å². The number of aromatic nitrogens is 1. The Morgan fingerprint density at radius 1 is 1.27 bits per heavy atom. The molecule has 0 fully saturated rings. The quantitative estimate of drug-likeness (QED) is 0.413. The molecule has 2 heterocycles. The Morgan fingerprint density at radius 3 is 2.85 bits per heavy atom. The zero-order chi connectivity index (χ0) is 18.5. The minimum absolute atomic E-state index is 0.0933. The van der Waals surface area contributed by atoms with Crippen LogP contribution in [0.15, 0.2) is 45.4 Å². The van der Waals surface area contributed by atoms with Gasteiger partial charge in [0.2, 0.25) is 5.91 Å². The Hall–Kier alpha value is -1.67. The first-order valence-electron chi connectivity index (χ1n) is 7.71. The summed E-state index contributed by atoms with van der Waals surface area (Å²) >= 11 is 10.3. The summed E-state index contributed by atoms with van der Waals surface area (Å²) in [6.07, 6.45) is 0.182. The topological polar surface area (TPSA) is 59.1 Å². The molecule has 1 N–H and O–H groups in total. The minimum atomic E-state index is -0.151. The maximum absolute atomic E-state index is 12.2. The normalized spacial score (nSPS) is 10.7. The summed E-state index contributed by atoms with van der Waals surface area (Å²) in [7, 11) is 0. The average Bonchev–Trinajstić information content (AvgIpc) is 3.28. The molecule has 4 nitrogen and oxygen atoms in total. The number of nitrogens with zero attached hydrogens (tertiary/aromatic N) is 1. The van der Waals surface area contributed by atoms with Gasteiger partial charge in [-0.1, -0.05) is 35.5 Å². The average molecular weight is 423 g/mol. The molecule has 3 aromatic rings. The molecule has 0 atom stereocenters. The highest BCUT2D eigenvalue weighted by Gasteiger charge is 2.12. The van der Waals surface area contributed by atoms with Crippen molar-refractivity contribution in [3.63, 3.8) is 0 Å².